The number of furan rings is 1. The van der Waals surface area contributed by atoms with Gasteiger partial charge in [0.05, 0.1) is 23.6 Å². The van der Waals surface area contributed by atoms with Crippen molar-refractivity contribution in [2.45, 2.75) is 49.8 Å². The predicted molar refractivity (Wildman–Crippen MR) is 87.0 cm³/mol. The van der Waals surface area contributed by atoms with E-state index in [1.54, 1.807) is 12.3 Å². The zero-order valence-corrected chi connectivity index (χ0v) is 14.2. The molecule has 0 aromatic carbocycles. The van der Waals surface area contributed by atoms with Gasteiger partial charge in [-0.2, -0.15) is 5.26 Å². The summed E-state index contributed by atoms with van der Waals surface area (Å²) in [6, 6.07) is 4.03. The van der Waals surface area contributed by atoms with Gasteiger partial charge < -0.3 is 14.2 Å². The van der Waals surface area contributed by atoms with Crippen molar-refractivity contribution in [1.82, 2.24) is 15.5 Å². The van der Waals surface area contributed by atoms with Crippen molar-refractivity contribution in [2.24, 2.45) is 0 Å². The van der Waals surface area contributed by atoms with Crippen molar-refractivity contribution in [3.8, 4) is 17.5 Å². The van der Waals surface area contributed by atoms with Gasteiger partial charge in [-0.25, -0.2) is 0 Å². The van der Waals surface area contributed by atoms with Crippen LogP contribution in [0.25, 0.3) is 11.5 Å². The number of thioether (sulfide) groups is 1. The molecule has 24 heavy (non-hydrogen) atoms. The molecule has 2 heterocycles. The number of rotatable bonds is 5. The largest absolute Gasteiger partial charge is 0.469 e. The molecule has 1 aliphatic carbocycles. The Morgan fingerprint density at radius 3 is 2.88 bits per heavy atom. The first-order valence-corrected chi connectivity index (χ1v) is 8.83. The van der Waals surface area contributed by atoms with Crippen LogP contribution < -0.4 is 5.32 Å². The second-order valence-electron chi connectivity index (χ2n) is 5.86. The molecule has 2 aromatic heterocycles. The SMILES string of the molecule is Cc1occc1-c1nnc(SCC(=O)NC2(C#N)CCCCC2)o1. The zero-order valence-electron chi connectivity index (χ0n) is 13.4. The van der Waals surface area contributed by atoms with Crippen LogP contribution in [0, 0.1) is 18.3 Å². The van der Waals surface area contributed by atoms with Crippen molar-refractivity contribution in [1.29, 1.82) is 5.26 Å². The number of nitrogens with one attached hydrogen (secondary N) is 1. The highest BCUT2D eigenvalue weighted by atomic mass is 32.2. The van der Waals surface area contributed by atoms with Gasteiger partial charge in [0.2, 0.25) is 5.91 Å². The summed E-state index contributed by atoms with van der Waals surface area (Å²) in [6.07, 6.45) is 6.04. The van der Waals surface area contributed by atoms with E-state index in [0.717, 1.165) is 36.6 Å². The minimum absolute atomic E-state index is 0.134. The number of hydrogen-bond donors (Lipinski definition) is 1. The molecule has 0 radical (unpaired) electrons. The van der Waals surface area contributed by atoms with Crippen molar-refractivity contribution >= 4 is 17.7 Å². The van der Waals surface area contributed by atoms with Gasteiger partial charge in [-0.1, -0.05) is 31.0 Å². The first kappa shape index (κ1) is 16.6. The molecule has 1 N–H and O–H groups in total. The fourth-order valence-electron chi connectivity index (χ4n) is 2.83. The van der Waals surface area contributed by atoms with Crippen molar-refractivity contribution in [3.63, 3.8) is 0 Å². The van der Waals surface area contributed by atoms with Gasteiger partial charge >= 0.3 is 0 Å². The van der Waals surface area contributed by atoms with Gasteiger partial charge in [0.1, 0.15) is 11.3 Å². The van der Waals surface area contributed by atoms with E-state index >= 15 is 0 Å². The Bertz CT molecular complexity index is 755. The summed E-state index contributed by atoms with van der Waals surface area (Å²) in [5.41, 5.74) is 0.0218. The standard InChI is InChI=1S/C16H18N4O3S/c1-11-12(5-8-22-11)14-19-20-15(23-14)24-9-13(21)18-16(10-17)6-3-2-4-7-16/h5,8H,2-4,6-7,9H2,1H3,(H,18,21). The van der Waals surface area contributed by atoms with Crippen molar-refractivity contribution in [3.05, 3.63) is 18.1 Å². The summed E-state index contributed by atoms with van der Waals surface area (Å²) in [7, 11) is 0. The van der Waals surface area contributed by atoms with E-state index in [9.17, 15) is 10.1 Å². The highest BCUT2D eigenvalue weighted by molar-refractivity contribution is 7.99. The number of hydrogen-bond acceptors (Lipinski definition) is 7. The Morgan fingerprint density at radius 2 is 2.21 bits per heavy atom. The van der Waals surface area contributed by atoms with Gasteiger partial charge in [0.25, 0.3) is 11.1 Å². The molecule has 3 rings (SSSR count). The topological polar surface area (TPSA) is 105 Å². The summed E-state index contributed by atoms with van der Waals surface area (Å²) >= 11 is 1.16. The Labute approximate surface area is 143 Å². The van der Waals surface area contributed by atoms with Gasteiger partial charge in [-0.05, 0) is 25.8 Å². The molecular weight excluding hydrogens is 328 g/mol. The van der Waals surface area contributed by atoms with E-state index in [1.165, 1.54) is 0 Å². The van der Waals surface area contributed by atoms with Crippen LogP contribution in [0.1, 0.15) is 37.9 Å². The summed E-state index contributed by atoms with van der Waals surface area (Å²) < 4.78 is 10.7. The van der Waals surface area contributed by atoms with E-state index in [4.69, 9.17) is 8.83 Å². The molecule has 0 aliphatic heterocycles. The van der Waals surface area contributed by atoms with E-state index in [1.807, 2.05) is 6.92 Å². The Kier molecular flexibility index (Phi) is 4.90. The highest BCUT2D eigenvalue weighted by Crippen LogP contribution is 2.29. The molecule has 0 spiro atoms. The van der Waals surface area contributed by atoms with Crippen LogP contribution in [0.3, 0.4) is 0 Å². The summed E-state index contributed by atoms with van der Waals surface area (Å²) in [5, 5.41) is 20.5. The van der Waals surface area contributed by atoms with Crippen molar-refractivity contribution < 1.29 is 13.6 Å². The molecule has 1 saturated carbocycles. The van der Waals surface area contributed by atoms with Gasteiger partial charge in [0, 0.05) is 0 Å². The lowest BCUT2D eigenvalue weighted by molar-refractivity contribution is -0.120. The quantitative estimate of drug-likeness (QED) is 0.829. The molecule has 1 fully saturated rings. The number of nitriles is 1. The van der Waals surface area contributed by atoms with Gasteiger partial charge in [-0.3, -0.25) is 4.79 Å². The number of amides is 1. The number of aromatic nitrogens is 2. The summed E-state index contributed by atoms with van der Waals surface area (Å²) in [5.74, 6) is 1.00. The van der Waals surface area contributed by atoms with Crippen LogP contribution in [0.15, 0.2) is 26.4 Å². The molecule has 0 saturated heterocycles. The van der Waals surface area contributed by atoms with Crippen LogP contribution >= 0.6 is 11.8 Å². The molecule has 7 nitrogen and oxygen atoms in total. The molecule has 8 heteroatoms. The maximum Gasteiger partial charge on any atom is 0.277 e. The number of nitrogens with zero attached hydrogens (tertiary/aromatic N) is 3. The minimum atomic E-state index is -0.718. The Morgan fingerprint density at radius 1 is 1.42 bits per heavy atom. The third kappa shape index (κ3) is 3.62. The fourth-order valence-corrected chi connectivity index (χ4v) is 3.40. The van der Waals surface area contributed by atoms with Gasteiger partial charge in [0.15, 0.2) is 0 Å². The van der Waals surface area contributed by atoms with Crippen molar-refractivity contribution in [2.75, 3.05) is 5.75 Å². The lowest BCUT2D eigenvalue weighted by Crippen LogP contribution is -2.49. The number of carbonyl (C=O) groups excluding carboxylic acids is 1. The second kappa shape index (κ2) is 7.09. The monoisotopic (exact) mass is 346 g/mol. The maximum absolute atomic E-state index is 12.2. The molecule has 0 bridgehead atoms. The molecule has 126 valence electrons. The second-order valence-corrected chi connectivity index (χ2v) is 6.78. The number of aryl methyl sites for hydroxylation is 1. The highest BCUT2D eigenvalue weighted by Gasteiger charge is 2.33. The first-order chi connectivity index (χ1) is 11.6. The van der Waals surface area contributed by atoms with Gasteiger partial charge in [-0.15, -0.1) is 10.2 Å². The number of carbonyl (C=O) groups is 1. The summed E-state index contributed by atoms with van der Waals surface area (Å²) in [6.45, 7) is 1.81. The normalized spacial score (nSPS) is 16.5. The summed E-state index contributed by atoms with van der Waals surface area (Å²) in [4.78, 5) is 12.2. The average Bonchev–Trinajstić information content (AvgIpc) is 3.22. The smallest absolute Gasteiger partial charge is 0.277 e. The van der Waals surface area contributed by atoms with Crippen LogP contribution in [-0.2, 0) is 4.79 Å². The molecule has 2 aromatic rings. The minimum Gasteiger partial charge on any atom is -0.469 e. The van der Waals surface area contributed by atoms with E-state index in [2.05, 4.69) is 21.6 Å². The van der Waals surface area contributed by atoms with Crippen LogP contribution in [-0.4, -0.2) is 27.4 Å². The average molecular weight is 346 g/mol. The Hall–Kier alpha value is -2.27. The van der Waals surface area contributed by atoms with E-state index in [0.29, 0.717) is 29.7 Å². The van der Waals surface area contributed by atoms with Crippen LogP contribution in [0.5, 0.6) is 0 Å². The molecular formula is C16H18N4O3S. The zero-order chi connectivity index (χ0) is 17.0. The molecule has 0 unspecified atom stereocenters. The molecule has 0 atom stereocenters. The third-order valence-corrected chi connectivity index (χ3v) is 4.94. The fraction of sp³-hybridized carbons (Fsp3) is 0.500. The van der Waals surface area contributed by atoms with Crippen LogP contribution in [0.4, 0.5) is 0 Å². The maximum atomic E-state index is 12.2. The van der Waals surface area contributed by atoms with E-state index in [-0.39, 0.29) is 11.7 Å². The molecule has 1 aliphatic rings. The van der Waals surface area contributed by atoms with Crippen LogP contribution in [0.2, 0.25) is 0 Å². The first-order valence-electron chi connectivity index (χ1n) is 7.85. The Balaban J connectivity index is 1.56. The predicted octanol–water partition coefficient (Wildman–Crippen LogP) is 3.07. The lowest BCUT2D eigenvalue weighted by atomic mass is 9.83. The molecule has 1 amide bonds. The van der Waals surface area contributed by atoms with E-state index < -0.39 is 5.54 Å². The third-order valence-electron chi connectivity index (χ3n) is 4.12. The lowest BCUT2D eigenvalue weighted by Gasteiger charge is -2.31.